The molecule has 2 aromatic rings. The monoisotopic (exact) mass is 301 g/mol. The van der Waals surface area contributed by atoms with Gasteiger partial charge in [-0.05, 0) is 41.1 Å². The molecule has 5 heteroatoms. The average Bonchev–Trinajstić information content (AvgIpc) is 2.68. The molecule has 84 valence electrons. The van der Waals surface area contributed by atoms with Crippen molar-refractivity contribution >= 4 is 27.3 Å². The topological polar surface area (TPSA) is 22.1 Å². The van der Waals surface area contributed by atoms with E-state index in [0.29, 0.717) is 6.61 Å². The summed E-state index contributed by atoms with van der Waals surface area (Å²) in [6.07, 6.45) is 0. The van der Waals surface area contributed by atoms with Gasteiger partial charge in [0.15, 0.2) is 11.6 Å². The Morgan fingerprint density at radius 2 is 2.31 bits per heavy atom. The van der Waals surface area contributed by atoms with Crippen LogP contribution < -0.4 is 4.74 Å². The highest BCUT2D eigenvalue weighted by molar-refractivity contribution is 9.10. The third-order valence-corrected chi connectivity index (χ3v) is 3.56. The van der Waals surface area contributed by atoms with E-state index in [4.69, 9.17) is 4.74 Å². The Morgan fingerprint density at radius 1 is 1.50 bits per heavy atom. The summed E-state index contributed by atoms with van der Waals surface area (Å²) >= 11 is 4.73. The molecule has 0 saturated carbocycles. The van der Waals surface area contributed by atoms with Crippen molar-refractivity contribution in [1.82, 2.24) is 4.98 Å². The second kappa shape index (κ2) is 4.93. The summed E-state index contributed by atoms with van der Waals surface area (Å²) < 4.78 is 19.5. The molecule has 0 radical (unpaired) electrons. The van der Waals surface area contributed by atoms with Gasteiger partial charge in [-0.15, -0.1) is 11.3 Å². The molecule has 0 saturated heterocycles. The van der Waals surface area contributed by atoms with Crippen LogP contribution in [0, 0.1) is 5.82 Å². The number of thiazole rings is 1. The summed E-state index contributed by atoms with van der Waals surface area (Å²) in [5, 5.41) is 2.65. The molecule has 0 aliphatic rings. The van der Waals surface area contributed by atoms with Crippen LogP contribution >= 0.6 is 27.3 Å². The van der Waals surface area contributed by atoms with E-state index in [0.717, 1.165) is 15.2 Å². The Kier molecular flexibility index (Phi) is 3.56. The van der Waals surface area contributed by atoms with E-state index >= 15 is 0 Å². The number of halogens is 2. The standard InChI is InChI=1S/C11H9BrFNOS/c1-2-15-9-4-3-7(5-8(9)13)11-14-10(12)6-16-11/h3-6H,2H2,1H3. The van der Waals surface area contributed by atoms with Crippen LogP contribution in [0.25, 0.3) is 10.6 Å². The van der Waals surface area contributed by atoms with E-state index in [1.807, 2.05) is 12.3 Å². The summed E-state index contributed by atoms with van der Waals surface area (Å²) in [6.45, 7) is 2.28. The molecule has 2 nitrogen and oxygen atoms in total. The van der Waals surface area contributed by atoms with Crippen LogP contribution in [0.15, 0.2) is 28.2 Å². The first-order valence-corrected chi connectivity index (χ1v) is 6.41. The molecule has 1 aromatic carbocycles. The minimum Gasteiger partial charge on any atom is -0.491 e. The third kappa shape index (κ3) is 2.41. The molecular formula is C11H9BrFNOS. The molecule has 0 aliphatic heterocycles. The zero-order chi connectivity index (χ0) is 11.5. The van der Waals surface area contributed by atoms with Crippen molar-refractivity contribution in [2.45, 2.75) is 6.92 Å². The Hall–Kier alpha value is -0.940. The van der Waals surface area contributed by atoms with Crippen LogP contribution in [0.3, 0.4) is 0 Å². The van der Waals surface area contributed by atoms with Crippen molar-refractivity contribution in [3.63, 3.8) is 0 Å². The molecule has 0 atom stereocenters. The Labute approximate surface area is 105 Å². The van der Waals surface area contributed by atoms with Crippen LogP contribution in [-0.4, -0.2) is 11.6 Å². The zero-order valence-corrected chi connectivity index (χ0v) is 10.9. The molecule has 0 spiro atoms. The number of hydrogen-bond donors (Lipinski definition) is 0. The van der Waals surface area contributed by atoms with Gasteiger partial charge in [0.1, 0.15) is 9.61 Å². The minimum absolute atomic E-state index is 0.280. The number of ether oxygens (including phenoxy) is 1. The molecule has 1 heterocycles. The van der Waals surface area contributed by atoms with Gasteiger partial charge in [0, 0.05) is 10.9 Å². The predicted octanol–water partition coefficient (Wildman–Crippen LogP) is 4.11. The third-order valence-electron chi connectivity index (χ3n) is 1.95. The highest BCUT2D eigenvalue weighted by Crippen LogP contribution is 2.29. The van der Waals surface area contributed by atoms with Crippen LogP contribution in [0.5, 0.6) is 5.75 Å². The fourth-order valence-corrected chi connectivity index (χ4v) is 2.54. The van der Waals surface area contributed by atoms with E-state index in [-0.39, 0.29) is 11.6 Å². The molecule has 0 unspecified atom stereocenters. The fraction of sp³-hybridized carbons (Fsp3) is 0.182. The molecule has 1 aromatic heterocycles. The Bertz CT molecular complexity index is 500. The van der Waals surface area contributed by atoms with E-state index in [2.05, 4.69) is 20.9 Å². The fourth-order valence-electron chi connectivity index (χ4n) is 1.29. The normalized spacial score (nSPS) is 10.4. The molecule has 0 bridgehead atoms. The summed E-state index contributed by atoms with van der Waals surface area (Å²) in [5.74, 6) is -0.0763. The first-order valence-electron chi connectivity index (χ1n) is 4.74. The van der Waals surface area contributed by atoms with Gasteiger partial charge in [-0.3, -0.25) is 0 Å². The number of rotatable bonds is 3. The average molecular weight is 302 g/mol. The van der Waals surface area contributed by atoms with Gasteiger partial charge >= 0.3 is 0 Å². The minimum atomic E-state index is -0.356. The first kappa shape index (κ1) is 11.5. The maximum absolute atomic E-state index is 13.6. The predicted molar refractivity (Wildman–Crippen MR) is 66.4 cm³/mol. The van der Waals surface area contributed by atoms with Crippen LogP contribution in [0.2, 0.25) is 0 Å². The lowest BCUT2D eigenvalue weighted by Crippen LogP contribution is -1.94. The first-order chi connectivity index (χ1) is 7.70. The van der Waals surface area contributed by atoms with E-state index in [9.17, 15) is 4.39 Å². The van der Waals surface area contributed by atoms with Gasteiger partial charge in [-0.2, -0.15) is 0 Å². The molecule has 0 aliphatic carbocycles. The number of nitrogens with zero attached hydrogens (tertiary/aromatic N) is 1. The second-order valence-electron chi connectivity index (χ2n) is 3.05. The van der Waals surface area contributed by atoms with Gasteiger partial charge in [0.2, 0.25) is 0 Å². The molecule has 2 rings (SSSR count). The van der Waals surface area contributed by atoms with Gasteiger partial charge in [-0.25, -0.2) is 9.37 Å². The van der Waals surface area contributed by atoms with Gasteiger partial charge in [-0.1, -0.05) is 0 Å². The van der Waals surface area contributed by atoms with Crippen LogP contribution in [-0.2, 0) is 0 Å². The molecule has 0 amide bonds. The lowest BCUT2D eigenvalue weighted by Gasteiger charge is -2.05. The van der Waals surface area contributed by atoms with Crippen molar-refractivity contribution < 1.29 is 9.13 Å². The number of benzene rings is 1. The smallest absolute Gasteiger partial charge is 0.165 e. The van der Waals surface area contributed by atoms with Gasteiger partial charge < -0.3 is 4.74 Å². The van der Waals surface area contributed by atoms with Crippen LogP contribution in [0.4, 0.5) is 4.39 Å². The lowest BCUT2D eigenvalue weighted by atomic mass is 10.2. The highest BCUT2D eigenvalue weighted by atomic mass is 79.9. The van der Waals surface area contributed by atoms with E-state index in [1.54, 1.807) is 12.1 Å². The molecule has 0 N–H and O–H groups in total. The maximum atomic E-state index is 13.6. The van der Waals surface area contributed by atoms with Crippen LogP contribution in [0.1, 0.15) is 6.92 Å². The van der Waals surface area contributed by atoms with Crippen molar-refractivity contribution in [2.75, 3.05) is 6.61 Å². The molecule has 0 fully saturated rings. The number of hydrogen-bond acceptors (Lipinski definition) is 3. The van der Waals surface area contributed by atoms with E-state index < -0.39 is 0 Å². The quantitative estimate of drug-likeness (QED) is 0.851. The van der Waals surface area contributed by atoms with Crippen molar-refractivity contribution in [3.05, 3.63) is 34.0 Å². The largest absolute Gasteiger partial charge is 0.491 e. The van der Waals surface area contributed by atoms with E-state index in [1.165, 1.54) is 17.4 Å². The zero-order valence-electron chi connectivity index (χ0n) is 8.54. The number of aromatic nitrogens is 1. The van der Waals surface area contributed by atoms with Crippen molar-refractivity contribution in [2.24, 2.45) is 0 Å². The summed E-state index contributed by atoms with van der Waals surface area (Å²) in [7, 11) is 0. The highest BCUT2D eigenvalue weighted by Gasteiger charge is 2.08. The van der Waals surface area contributed by atoms with Gasteiger partial charge in [0.05, 0.1) is 6.61 Å². The SMILES string of the molecule is CCOc1ccc(-c2nc(Br)cs2)cc1F. The summed E-state index contributed by atoms with van der Waals surface area (Å²) in [4.78, 5) is 4.23. The lowest BCUT2D eigenvalue weighted by molar-refractivity contribution is 0.321. The summed E-state index contributed by atoms with van der Waals surface area (Å²) in [5.41, 5.74) is 0.761. The summed E-state index contributed by atoms with van der Waals surface area (Å²) in [6, 6.07) is 4.87. The van der Waals surface area contributed by atoms with Gasteiger partial charge in [0.25, 0.3) is 0 Å². The molecule has 16 heavy (non-hydrogen) atoms. The maximum Gasteiger partial charge on any atom is 0.165 e. The molecular weight excluding hydrogens is 293 g/mol. The van der Waals surface area contributed by atoms with Crippen molar-refractivity contribution in [3.8, 4) is 16.3 Å². The second-order valence-corrected chi connectivity index (χ2v) is 4.72. The Balaban J connectivity index is 2.34. The van der Waals surface area contributed by atoms with Crippen molar-refractivity contribution in [1.29, 1.82) is 0 Å². The Morgan fingerprint density at radius 3 is 2.88 bits per heavy atom.